The van der Waals surface area contributed by atoms with Crippen molar-refractivity contribution >= 4 is 16.8 Å². The Morgan fingerprint density at radius 1 is 1.20 bits per heavy atom. The molecule has 2 fully saturated rings. The summed E-state index contributed by atoms with van der Waals surface area (Å²) in [7, 11) is 0. The van der Waals surface area contributed by atoms with Gasteiger partial charge in [0.2, 0.25) is 5.91 Å². The minimum Gasteiger partial charge on any atom is -0.361 e. The molecule has 3 heteroatoms. The van der Waals surface area contributed by atoms with Crippen LogP contribution in [-0.4, -0.2) is 28.9 Å². The number of H-pyrrole nitrogens is 1. The molecule has 1 amide bonds. The predicted molar refractivity (Wildman–Crippen MR) is 79.6 cm³/mol. The van der Waals surface area contributed by atoms with E-state index in [9.17, 15) is 4.79 Å². The van der Waals surface area contributed by atoms with Crippen molar-refractivity contribution < 1.29 is 4.79 Å². The number of hydrogen-bond donors (Lipinski definition) is 1. The van der Waals surface area contributed by atoms with Crippen LogP contribution >= 0.6 is 0 Å². The number of carbonyl (C=O) groups is 1. The summed E-state index contributed by atoms with van der Waals surface area (Å²) in [6.45, 7) is 1.83. The lowest BCUT2D eigenvalue weighted by Gasteiger charge is -2.29. The van der Waals surface area contributed by atoms with E-state index in [4.69, 9.17) is 0 Å². The third-order valence-corrected chi connectivity index (χ3v) is 5.02. The van der Waals surface area contributed by atoms with Crippen LogP contribution in [0.5, 0.6) is 0 Å². The standard InChI is InChI=1S/C17H20N2O/c20-17(12-4-3-5-12)19-9-8-13(11-19)15-10-18-16-7-2-1-6-14(15)16/h1-2,6-7,10,12-13,18H,3-5,8-9,11H2. The third kappa shape index (κ3) is 1.84. The van der Waals surface area contributed by atoms with Crippen LogP contribution < -0.4 is 0 Å². The van der Waals surface area contributed by atoms with E-state index in [1.165, 1.54) is 22.9 Å². The number of hydrogen-bond acceptors (Lipinski definition) is 1. The zero-order chi connectivity index (χ0) is 13.5. The van der Waals surface area contributed by atoms with Gasteiger partial charge < -0.3 is 9.88 Å². The van der Waals surface area contributed by atoms with Gasteiger partial charge in [-0.15, -0.1) is 0 Å². The van der Waals surface area contributed by atoms with E-state index in [2.05, 4.69) is 40.3 Å². The number of rotatable bonds is 2. The van der Waals surface area contributed by atoms with Gasteiger partial charge in [-0.3, -0.25) is 4.79 Å². The van der Waals surface area contributed by atoms with Crippen molar-refractivity contribution in [2.24, 2.45) is 5.92 Å². The fourth-order valence-electron chi connectivity index (χ4n) is 3.56. The van der Waals surface area contributed by atoms with Gasteiger partial charge in [-0.2, -0.15) is 0 Å². The van der Waals surface area contributed by atoms with Gasteiger partial charge in [0.15, 0.2) is 0 Å². The Hall–Kier alpha value is -1.77. The van der Waals surface area contributed by atoms with Crippen molar-refractivity contribution in [3.05, 3.63) is 36.0 Å². The van der Waals surface area contributed by atoms with Crippen molar-refractivity contribution in [3.8, 4) is 0 Å². The summed E-state index contributed by atoms with van der Waals surface area (Å²) in [5.41, 5.74) is 2.58. The van der Waals surface area contributed by atoms with Gasteiger partial charge in [0.05, 0.1) is 0 Å². The molecule has 104 valence electrons. The van der Waals surface area contributed by atoms with Crippen LogP contribution in [-0.2, 0) is 4.79 Å². The number of fused-ring (bicyclic) bond motifs is 1. The monoisotopic (exact) mass is 268 g/mol. The molecule has 1 aromatic carbocycles. The number of likely N-dealkylation sites (tertiary alicyclic amines) is 1. The van der Waals surface area contributed by atoms with Crippen LogP contribution in [0.15, 0.2) is 30.5 Å². The van der Waals surface area contributed by atoms with E-state index in [0.717, 1.165) is 32.4 Å². The first-order valence-electron chi connectivity index (χ1n) is 7.68. The van der Waals surface area contributed by atoms with Crippen molar-refractivity contribution in [1.82, 2.24) is 9.88 Å². The molecule has 0 bridgehead atoms. The molecule has 1 saturated heterocycles. The van der Waals surface area contributed by atoms with Gasteiger partial charge in [0.1, 0.15) is 0 Å². The normalized spacial score (nSPS) is 23.2. The van der Waals surface area contributed by atoms with Crippen LogP contribution in [0.3, 0.4) is 0 Å². The molecule has 2 aromatic rings. The maximum absolute atomic E-state index is 12.3. The number of carbonyl (C=O) groups excluding carboxylic acids is 1. The molecule has 1 unspecified atom stereocenters. The Kier molecular flexibility index (Phi) is 2.79. The molecule has 1 aromatic heterocycles. The lowest BCUT2D eigenvalue weighted by Crippen LogP contribution is -2.37. The summed E-state index contributed by atoms with van der Waals surface area (Å²) >= 11 is 0. The highest BCUT2D eigenvalue weighted by molar-refractivity contribution is 5.84. The molecule has 20 heavy (non-hydrogen) atoms. The SMILES string of the molecule is O=C(C1CCC1)N1CCC(c2c[nH]c3ccccc23)C1. The fourth-order valence-corrected chi connectivity index (χ4v) is 3.56. The molecule has 4 rings (SSSR count). The first-order valence-corrected chi connectivity index (χ1v) is 7.68. The Balaban J connectivity index is 1.54. The number of nitrogens with one attached hydrogen (secondary N) is 1. The number of nitrogens with zero attached hydrogens (tertiary/aromatic N) is 1. The molecule has 1 N–H and O–H groups in total. The highest BCUT2D eigenvalue weighted by atomic mass is 16.2. The molecule has 1 atom stereocenters. The Bertz CT molecular complexity index is 641. The predicted octanol–water partition coefficient (Wildman–Crippen LogP) is 3.28. The fraction of sp³-hybridized carbons (Fsp3) is 0.471. The smallest absolute Gasteiger partial charge is 0.225 e. The number of aromatic nitrogens is 1. The van der Waals surface area contributed by atoms with E-state index in [1.807, 2.05) is 0 Å². The Morgan fingerprint density at radius 2 is 2.05 bits per heavy atom. The Labute approximate surface area is 119 Å². The molecule has 0 radical (unpaired) electrons. The molecule has 3 nitrogen and oxygen atoms in total. The number of amides is 1. The topological polar surface area (TPSA) is 36.1 Å². The van der Waals surface area contributed by atoms with Crippen LogP contribution in [0.1, 0.15) is 37.2 Å². The highest BCUT2D eigenvalue weighted by Gasteiger charge is 2.34. The van der Waals surface area contributed by atoms with Crippen molar-refractivity contribution in [1.29, 1.82) is 0 Å². The number of para-hydroxylation sites is 1. The van der Waals surface area contributed by atoms with Gasteiger partial charge in [-0.05, 0) is 30.9 Å². The van der Waals surface area contributed by atoms with E-state index >= 15 is 0 Å². The van der Waals surface area contributed by atoms with E-state index in [1.54, 1.807) is 0 Å². The molecule has 1 aliphatic carbocycles. The second kappa shape index (κ2) is 4.65. The van der Waals surface area contributed by atoms with E-state index in [-0.39, 0.29) is 0 Å². The molecular formula is C17H20N2O. The average Bonchev–Trinajstić information content (AvgIpc) is 3.03. The van der Waals surface area contributed by atoms with Crippen LogP contribution in [0.25, 0.3) is 10.9 Å². The minimum atomic E-state index is 0.330. The summed E-state index contributed by atoms with van der Waals surface area (Å²) in [5.74, 6) is 1.23. The van der Waals surface area contributed by atoms with Gasteiger partial charge >= 0.3 is 0 Å². The lowest BCUT2D eigenvalue weighted by atomic mass is 9.84. The van der Waals surface area contributed by atoms with Gasteiger partial charge in [-0.25, -0.2) is 0 Å². The highest BCUT2D eigenvalue weighted by Crippen LogP contribution is 2.35. The number of benzene rings is 1. The molecule has 0 spiro atoms. The maximum atomic E-state index is 12.3. The number of aromatic amines is 1. The second-order valence-corrected chi connectivity index (χ2v) is 6.19. The quantitative estimate of drug-likeness (QED) is 0.891. The van der Waals surface area contributed by atoms with Crippen LogP contribution in [0.2, 0.25) is 0 Å². The average molecular weight is 268 g/mol. The molecular weight excluding hydrogens is 248 g/mol. The summed E-state index contributed by atoms with van der Waals surface area (Å²) in [5, 5.41) is 1.32. The summed E-state index contributed by atoms with van der Waals surface area (Å²) in [6.07, 6.45) is 6.67. The van der Waals surface area contributed by atoms with Gasteiger partial charge in [0, 0.05) is 42.0 Å². The van der Waals surface area contributed by atoms with Crippen LogP contribution in [0.4, 0.5) is 0 Å². The van der Waals surface area contributed by atoms with Gasteiger partial charge in [0.25, 0.3) is 0 Å². The first kappa shape index (κ1) is 12.0. The Morgan fingerprint density at radius 3 is 2.85 bits per heavy atom. The minimum absolute atomic E-state index is 0.330. The van der Waals surface area contributed by atoms with Crippen molar-refractivity contribution in [2.45, 2.75) is 31.6 Å². The first-order chi connectivity index (χ1) is 9.83. The third-order valence-electron chi connectivity index (χ3n) is 5.02. The largest absolute Gasteiger partial charge is 0.361 e. The van der Waals surface area contributed by atoms with E-state index < -0.39 is 0 Å². The summed E-state index contributed by atoms with van der Waals surface area (Å²) < 4.78 is 0. The van der Waals surface area contributed by atoms with Crippen molar-refractivity contribution in [2.75, 3.05) is 13.1 Å². The molecule has 1 saturated carbocycles. The second-order valence-electron chi connectivity index (χ2n) is 6.19. The zero-order valence-electron chi connectivity index (χ0n) is 11.6. The van der Waals surface area contributed by atoms with E-state index in [0.29, 0.717) is 17.7 Å². The lowest BCUT2D eigenvalue weighted by molar-refractivity contribution is -0.137. The summed E-state index contributed by atoms with van der Waals surface area (Å²) in [6, 6.07) is 8.44. The summed E-state index contributed by atoms with van der Waals surface area (Å²) in [4.78, 5) is 17.8. The maximum Gasteiger partial charge on any atom is 0.225 e. The van der Waals surface area contributed by atoms with Crippen molar-refractivity contribution in [3.63, 3.8) is 0 Å². The van der Waals surface area contributed by atoms with Gasteiger partial charge in [-0.1, -0.05) is 24.6 Å². The van der Waals surface area contributed by atoms with Crippen LogP contribution in [0, 0.1) is 5.92 Å². The molecule has 2 heterocycles. The zero-order valence-corrected chi connectivity index (χ0v) is 11.6. The molecule has 1 aliphatic heterocycles. The molecule has 2 aliphatic rings.